The summed E-state index contributed by atoms with van der Waals surface area (Å²) in [5.74, 6) is -0.248. The minimum atomic E-state index is -0.248. The first-order chi connectivity index (χ1) is 8.75. The minimum Gasteiger partial charge on any atom is -0.376 e. The van der Waals surface area contributed by atoms with Gasteiger partial charge in [-0.25, -0.2) is 4.39 Å². The normalized spacial score (nSPS) is 10.6. The molecule has 1 aromatic heterocycles. The molecule has 0 aliphatic carbocycles. The average Bonchev–Trinajstić information content (AvgIpc) is 2.38. The van der Waals surface area contributed by atoms with Crippen molar-refractivity contribution < 1.29 is 9.13 Å². The summed E-state index contributed by atoms with van der Waals surface area (Å²) in [6, 6.07) is 10.7. The highest BCUT2D eigenvalue weighted by Crippen LogP contribution is 2.15. The number of rotatable bonds is 5. The molecule has 0 bridgehead atoms. The lowest BCUT2D eigenvalue weighted by Crippen LogP contribution is -2.01. The van der Waals surface area contributed by atoms with Crippen LogP contribution in [0.15, 0.2) is 47.1 Å². The topological polar surface area (TPSA) is 22.1 Å². The summed E-state index contributed by atoms with van der Waals surface area (Å²) < 4.78 is 19.7. The molecule has 0 unspecified atom stereocenters. The van der Waals surface area contributed by atoms with Crippen LogP contribution in [0.5, 0.6) is 0 Å². The van der Waals surface area contributed by atoms with E-state index in [4.69, 9.17) is 4.74 Å². The molecule has 0 fully saturated rings. The second kappa shape index (κ2) is 6.61. The van der Waals surface area contributed by atoms with Crippen molar-refractivity contribution in [3.63, 3.8) is 0 Å². The quantitative estimate of drug-likeness (QED) is 0.785. The van der Waals surface area contributed by atoms with Crippen molar-refractivity contribution in [3.05, 3.63) is 64.1 Å². The molecule has 0 aliphatic heterocycles. The second-order valence-corrected chi connectivity index (χ2v) is 4.78. The largest absolute Gasteiger partial charge is 0.376 e. The van der Waals surface area contributed by atoms with Gasteiger partial charge < -0.3 is 4.74 Å². The van der Waals surface area contributed by atoms with Gasteiger partial charge in [0.1, 0.15) is 5.82 Å². The molecule has 1 aromatic carbocycles. The first kappa shape index (κ1) is 13.2. The Labute approximate surface area is 114 Å². The molecule has 0 saturated heterocycles. The highest BCUT2D eigenvalue weighted by atomic mass is 79.9. The van der Waals surface area contributed by atoms with Crippen LogP contribution in [0.25, 0.3) is 0 Å². The lowest BCUT2D eigenvalue weighted by atomic mass is 10.2. The third-order valence-corrected chi connectivity index (χ3v) is 2.99. The van der Waals surface area contributed by atoms with E-state index in [2.05, 4.69) is 20.9 Å². The summed E-state index contributed by atoms with van der Waals surface area (Å²) in [6.45, 7) is 0.818. The molecule has 0 N–H and O–H groups in total. The van der Waals surface area contributed by atoms with Crippen molar-refractivity contribution in [1.82, 2.24) is 4.98 Å². The Morgan fingerprint density at radius 2 is 2.11 bits per heavy atom. The first-order valence-electron chi connectivity index (χ1n) is 5.67. The third kappa shape index (κ3) is 3.89. The molecule has 0 aliphatic rings. The molecule has 2 aromatic rings. The van der Waals surface area contributed by atoms with Gasteiger partial charge in [0.25, 0.3) is 0 Å². The highest BCUT2D eigenvalue weighted by molar-refractivity contribution is 9.10. The van der Waals surface area contributed by atoms with Crippen molar-refractivity contribution >= 4 is 15.9 Å². The van der Waals surface area contributed by atoms with E-state index < -0.39 is 0 Å². The molecule has 2 rings (SSSR count). The molecular formula is C14H13BrFNO. The smallest absolute Gasteiger partial charge is 0.129 e. The van der Waals surface area contributed by atoms with Crippen LogP contribution in [-0.4, -0.2) is 11.6 Å². The number of hydrogen-bond acceptors (Lipinski definition) is 2. The molecule has 4 heteroatoms. The highest BCUT2D eigenvalue weighted by Gasteiger charge is 2.02. The summed E-state index contributed by atoms with van der Waals surface area (Å²) in [5.41, 5.74) is 1.55. The number of ether oxygens (including phenoxy) is 1. The van der Waals surface area contributed by atoms with E-state index in [-0.39, 0.29) is 12.4 Å². The van der Waals surface area contributed by atoms with E-state index in [0.29, 0.717) is 12.2 Å². The fraction of sp³-hybridized carbons (Fsp3) is 0.214. The minimum absolute atomic E-state index is 0.248. The van der Waals surface area contributed by atoms with E-state index in [1.54, 1.807) is 18.3 Å². The van der Waals surface area contributed by atoms with Gasteiger partial charge in [0, 0.05) is 28.3 Å². The number of nitrogens with zero attached hydrogens (tertiary/aromatic N) is 1. The van der Waals surface area contributed by atoms with Crippen molar-refractivity contribution in [2.45, 2.75) is 13.0 Å². The van der Waals surface area contributed by atoms with E-state index >= 15 is 0 Å². The number of hydrogen-bond donors (Lipinski definition) is 0. The Hall–Kier alpha value is -1.26. The molecule has 0 radical (unpaired) electrons. The number of aromatic nitrogens is 1. The van der Waals surface area contributed by atoms with Gasteiger partial charge in [0.05, 0.1) is 13.2 Å². The Bertz CT molecular complexity index is 504. The summed E-state index contributed by atoms with van der Waals surface area (Å²) in [6.07, 6.45) is 2.49. The van der Waals surface area contributed by atoms with Crippen LogP contribution in [0.2, 0.25) is 0 Å². The molecule has 0 atom stereocenters. The molecule has 0 saturated carbocycles. The fourth-order valence-electron chi connectivity index (χ4n) is 1.54. The van der Waals surface area contributed by atoms with E-state index in [1.807, 2.05) is 18.2 Å². The van der Waals surface area contributed by atoms with Gasteiger partial charge in [-0.2, -0.15) is 0 Å². The van der Waals surface area contributed by atoms with Gasteiger partial charge in [0.2, 0.25) is 0 Å². The maximum absolute atomic E-state index is 13.5. The lowest BCUT2D eigenvalue weighted by Gasteiger charge is -2.05. The van der Waals surface area contributed by atoms with E-state index in [1.165, 1.54) is 6.07 Å². The molecule has 2 nitrogen and oxygen atoms in total. The summed E-state index contributed by atoms with van der Waals surface area (Å²) in [4.78, 5) is 4.19. The fourth-order valence-corrected chi connectivity index (χ4v) is 1.88. The van der Waals surface area contributed by atoms with E-state index in [0.717, 1.165) is 16.6 Å². The molecule has 0 spiro atoms. The zero-order valence-corrected chi connectivity index (χ0v) is 11.4. The lowest BCUT2D eigenvalue weighted by molar-refractivity contribution is 0.121. The van der Waals surface area contributed by atoms with Crippen LogP contribution in [0.4, 0.5) is 4.39 Å². The predicted octanol–water partition coefficient (Wildman–Crippen LogP) is 3.74. The molecule has 18 heavy (non-hydrogen) atoms. The maximum atomic E-state index is 13.5. The van der Waals surface area contributed by atoms with Crippen LogP contribution in [0.1, 0.15) is 11.3 Å². The summed E-state index contributed by atoms with van der Waals surface area (Å²) in [7, 11) is 0. The second-order valence-electron chi connectivity index (χ2n) is 3.86. The molecule has 1 heterocycles. The summed E-state index contributed by atoms with van der Waals surface area (Å²) in [5, 5.41) is 0. The average molecular weight is 310 g/mol. The van der Waals surface area contributed by atoms with Crippen molar-refractivity contribution in [2.75, 3.05) is 6.61 Å². The molecule has 0 amide bonds. The summed E-state index contributed by atoms with van der Waals surface area (Å²) >= 11 is 3.22. The molecular weight excluding hydrogens is 297 g/mol. The molecule has 94 valence electrons. The standard InChI is InChI=1S/C14H13BrFNO/c15-12-5-4-11(14(16)9-12)10-18-8-6-13-3-1-2-7-17-13/h1-5,7,9H,6,8,10H2. The van der Waals surface area contributed by atoms with Gasteiger partial charge in [-0.1, -0.05) is 28.1 Å². The maximum Gasteiger partial charge on any atom is 0.129 e. The van der Waals surface area contributed by atoms with Crippen molar-refractivity contribution in [2.24, 2.45) is 0 Å². The third-order valence-electron chi connectivity index (χ3n) is 2.50. The van der Waals surface area contributed by atoms with Crippen LogP contribution in [0, 0.1) is 5.82 Å². The van der Waals surface area contributed by atoms with Gasteiger partial charge in [-0.3, -0.25) is 4.98 Å². The van der Waals surface area contributed by atoms with Crippen molar-refractivity contribution in [3.8, 4) is 0 Å². The van der Waals surface area contributed by atoms with Gasteiger partial charge >= 0.3 is 0 Å². The van der Waals surface area contributed by atoms with Gasteiger partial charge in [-0.15, -0.1) is 0 Å². The monoisotopic (exact) mass is 309 g/mol. The van der Waals surface area contributed by atoms with E-state index in [9.17, 15) is 4.39 Å². The number of halogens is 2. The SMILES string of the molecule is Fc1cc(Br)ccc1COCCc1ccccn1. The van der Waals surface area contributed by atoms with Crippen LogP contribution >= 0.6 is 15.9 Å². The van der Waals surface area contributed by atoms with Crippen LogP contribution in [0.3, 0.4) is 0 Å². The Balaban J connectivity index is 1.79. The van der Waals surface area contributed by atoms with Crippen molar-refractivity contribution in [1.29, 1.82) is 0 Å². The number of pyridine rings is 1. The predicted molar refractivity (Wildman–Crippen MR) is 71.7 cm³/mol. The van der Waals surface area contributed by atoms with Gasteiger partial charge in [-0.05, 0) is 24.3 Å². The Morgan fingerprint density at radius 1 is 1.22 bits per heavy atom. The Kier molecular flexibility index (Phi) is 4.84. The van der Waals surface area contributed by atoms with Gasteiger partial charge in [0.15, 0.2) is 0 Å². The zero-order chi connectivity index (χ0) is 12.8. The number of benzene rings is 1. The van der Waals surface area contributed by atoms with Crippen LogP contribution in [-0.2, 0) is 17.8 Å². The Morgan fingerprint density at radius 3 is 2.83 bits per heavy atom. The first-order valence-corrected chi connectivity index (χ1v) is 6.46. The van der Waals surface area contributed by atoms with Crippen LogP contribution < -0.4 is 0 Å². The zero-order valence-electron chi connectivity index (χ0n) is 9.77.